The second-order valence-corrected chi connectivity index (χ2v) is 8.23. The SMILES string of the molecule is CCCCOCCCNC(=O)C1CCCN1S(=O)(=O)c1ccc(F)cc1. The zero-order valence-corrected chi connectivity index (χ0v) is 15.9. The van der Waals surface area contributed by atoms with Gasteiger partial charge in [0.15, 0.2) is 0 Å². The van der Waals surface area contributed by atoms with Gasteiger partial charge in [-0.25, -0.2) is 12.8 Å². The van der Waals surface area contributed by atoms with Crippen molar-refractivity contribution in [3.63, 3.8) is 0 Å². The first-order chi connectivity index (χ1) is 12.5. The lowest BCUT2D eigenvalue weighted by Gasteiger charge is -2.23. The van der Waals surface area contributed by atoms with E-state index in [4.69, 9.17) is 4.74 Å². The summed E-state index contributed by atoms with van der Waals surface area (Å²) in [5.74, 6) is -0.789. The number of rotatable bonds is 10. The molecule has 1 fully saturated rings. The predicted octanol–water partition coefficient (Wildman–Crippen LogP) is 2.30. The highest BCUT2D eigenvalue weighted by atomic mass is 32.2. The fourth-order valence-corrected chi connectivity index (χ4v) is 4.54. The first kappa shape index (κ1) is 20.8. The van der Waals surface area contributed by atoms with Crippen LogP contribution in [0.25, 0.3) is 0 Å². The summed E-state index contributed by atoms with van der Waals surface area (Å²) >= 11 is 0. The van der Waals surface area contributed by atoms with Gasteiger partial charge in [0, 0.05) is 26.3 Å². The maximum atomic E-state index is 13.0. The van der Waals surface area contributed by atoms with Crippen LogP contribution in [0.4, 0.5) is 4.39 Å². The van der Waals surface area contributed by atoms with Gasteiger partial charge in [0.25, 0.3) is 0 Å². The lowest BCUT2D eigenvalue weighted by molar-refractivity contribution is -0.124. The van der Waals surface area contributed by atoms with E-state index in [2.05, 4.69) is 12.2 Å². The van der Waals surface area contributed by atoms with Crippen LogP contribution in [0.5, 0.6) is 0 Å². The summed E-state index contributed by atoms with van der Waals surface area (Å²) in [6.45, 7) is 4.13. The third-order valence-electron chi connectivity index (χ3n) is 4.33. The van der Waals surface area contributed by atoms with Crippen LogP contribution in [0, 0.1) is 5.82 Å². The van der Waals surface area contributed by atoms with E-state index >= 15 is 0 Å². The number of ether oxygens (including phenoxy) is 1. The van der Waals surface area contributed by atoms with Crippen molar-refractivity contribution < 1.29 is 22.3 Å². The third kappa shape index (κ3) is 5.49. The average Bonchev–Trinajstić information content (AvgIpc) is 3.12. The summed E-state index contributed by atoms with van der Waals surface area (Å²) in [6, 6.07) is 3.95. The summed E-state index contributed by atoms with van der Waals surface area (Å²) in [6.07, 6.45) is 3.90. The molecule has 0 saturated carbocycles. The molecule has 1 aromatic rings. The smallest absolute Gasteiger partial charge is 0.243 e. The molecule has 1 amide bonds. The Balaban J connectivity index is 1.88. The molecule has 0 aliphatic carbocycles. The lowest BCUT2D eigenvalue weighted by Crippen LogP contribution is -2.46. The van der Waals surface area contributed by atoms with Crippen LogP contribution in [0.3, 0.4) is 0 Å². The molecule has 1 aromatic carbocycles. The minimum Gasteiger partial charge on any atom is -0.381 e. The standard InChI is InChI=1S/C18H27FN2O4S/c1-2-3-13-25-14-5-11-20-18(22)17-6-4-12-21(17)26(23,24)16-9-7-15(19)8-10-16/h7-10,17H,2-6,11-14H2,1H3,(H,20,22). The molecule has 1 saturated heterocycles. The lowest BCUT2D eigenvalue weighted by atomic mass is 10.2. The number of carbonyl (C=O) groups is 1. The molecule has 1 heterocycles. The first-order valence-electron chi connectivity index (χ1n) is 9.09. The molecule has 26 heavy (non-hydrogen) atoms. The summed E-state index contributed by atoms with van der Waals surface area (Å²) in [5, 5.41) is 2.79. The van der Waals surface area contributed by atoms with Gasteiger partial charge in [-0.2, -0.15) is 4.31 Å². The van der Waals surface area contributed by atoms with Gasteiger partial charge in [0.05, 0.1) is 4.90 Å². The quantitative estimate of drug-likeness (QED) is 0.626. The van der Waals surface area contributed by atoms with Gasteiger partial charge >= 0.3 is 0 Å². The second-order valence-electron chi connectivity index (χ2n) is 6.34. The number of benzene rings is 1. The van der Waals surface area contributed by atoms with Crippen molar-refractivity contribution in [2.75, 3.05) is 26.3 Å². The zero-order chi connectivity index (χ0) is 19.0. The van der Waals surface area contributed by atoms with E-state index in [1.807, 2.05) is 0 Å². The maximum absolute atomic E-state index is 13.0. The minimum atomic E-state index is -3.81. The van der Waals surface area contributed by atoms with Crippen LogP contribution in [-0.2, 0) is 19.6 Å². The van der Waals surface area contributed by atoms with Crippen molar-refractivity contribution in [3.05, 3.63) is 30.1 Å². The fourth-order valence-electron chi connectivity index (χ4n) is 2.88. The largest absolute Gasteiger partial charge is 0.381 e. The molecule has 2 rings (SSSR count). The van der Waals surface area contributed by atoms with Crippen molar-refractivity contribution in [2.24, 2.45) is 0 Å². The number of carbonyl (C=O) groups excluding carboxylic acids is 1. The van der Waals surface area contributed by atoms with E-state index in [1.165, 1.54) is 16.4 Å². The number of hydrogen-bond donors (Lipinski definition) is 1. The van der Waals surface area contributed by atoms with Crippen molar-refractivity contribution in [3.8, 4) is 0 Å². The Bertz CT molecular complexity index is 679. The molecule has 146 valence electrons. The Kier molecular flexibility index (Phi) is 7.99. The molecule has 1 aliphatic rings. The van der Waals surface area contributed by atoms with Gasteiger partial charge in [0.2, 0.25) is 15.9 Å². The number of unbranched alkanes of at least 4 members (excludes halogenated alkanes) is 1. The Morgan fingerprint density at radius 1 is 1.27 bits per heavy atom. The molecule has 1 N–H and O–H groups in total. The summed E-state index contributed by atoms with van der Waals surface area (Å²) in [7, 11) is -3.81. The highest BCUT2D eigenvalue weighted by Crippen LogP contribution is 2.26. The van der Waals surface area contributed by atoms with E-state index in [0.29, 0.717) is 32.4 Å². The Labute approximate surface area is 154 Å². The molecule has 1 atom stereocenters. The Hall–Kier alpha value is -1.51. The Morgan fingerprint density at radius 3 is 2.65 bits per heavy atom. The minimum absolute atomic E-state index is 0.00271. The van der Waals surface area contributed by atoms with Crippen LogP contribution >= 0.6 is 0 Å². The molecule has 0 radical (unpaired) electrons. The molecule has 0 bridgehead atoms. The average molecular weight is 386 g/mol. The summed E-state index contributed by atoms with van der Waals surface area (Å²) in [4.78, 5) is 12.4. The van der Waals surface area contributed by atoms with Gasteiger partial charge in [-0.1, -0.05) is 13.3 Å². The predicted molar refractivity (Wildman–Crippen MR) is 96.7 cm³/mol. The van der Waals surface area contributed by atoms with E-state index in [1.54, 1.807) is 0 Å². The van der Waals surface area contributed by atoms with E-state index in [0.717, 1.165) is 31.6 Å². The molecular weight excluding hydrogens is 359 g/mol. The topological polar surface area (TPSA) is 75.7 Å². The fraction of sp³-hybridized carbons (Fsp3) is 0.611. The number of hydrogen-bond acceptors (Lipinski definition) is 4. The van der Waals surface area contributed by atoms with Gasteiger partial charge < -0.3 is 10.1 Å². The normalized spacial score (nSPS) is 18.2. The van der Waals surface area contributed by atoms with Crippen LogP contribution in [0.1, 0.15) is 39.0 Å². The van der Waals surface area contributed by atoms with Crippen molar-refractivity contribution in [1.29, 1.82) is 0 Å². The zero-order valence-electron chi connectivity index (χ0n) is 15.1. The monoisotopic (exact) mass is 386 g/mol. The number of nitrogens with zero attached hydrogens (tertiary/aromatic N) is 1. The highest BCUT2D eigenvalue weighted by molar-refractivity contribution is 7.89. The highest BCUT2D eigenvalue weighted by Gasteiger charge is 2.39. The van der Waals surface area contributed by atoms with Crippen LogP contribution in [-0.4, -0.2) is 51.0 Å². The molecule has 0 aromatic heterocycles. The van der Waals surface area contributed by atoms with Crippen molar-refractivity contribution in [2.45, 2.75) is 50.0 Å². The van der Waals surface area contributed by atoms with Crippen LogP contribution < -0.4 is 5.32 Å². The Morgan fingerprint density at radius 2 is 1.96 bits per heavy atom. The number of nitrogens with one attached hydrogen (secondary N) is 1. The number of halogens is 1. The molecule has 0 spiro atoms. The molecule has 8 heteroatoms. The maximum Gasteiger partial charge on any atom is 0.243 e. The van der Waals surface area contributed by atoms with Crippen LogP contribution in [0.2, 0.25) is 0 Å². The van der Waals surface area contributed by atoms with Gasteiger partial charge in [-0.3, -0.25) is 4.79 Å². The van der Waals surface area contributed by atoms with Gasteiger partial charge in [-0.15, -0.1) is 0 Å². The van der Waals surface area contributed by atoms with Gasteiger partial charge in [0.1, 0.15) is 11.9 Å². The molecule has 1 aliphatic heterocycles. The summed E-state index contributed by atoms with van der Waals surface area (Å²) in [5.41, 5.74) is 0. The third-order valence-corrected chi connectivity index (χ3v) is 6.26. The molecular formula is C18H27FN2O4S. The van der Waals surface area contributed by atoms with Gasteiger partial charge in [-0.05, 0) is 49.9 Å². The first-order valence-corrected chi connectivity index (χ1v) is 10.5. The summed E-state index contributed by atoms with van der Waals surface area (Å²) < 4.78 is 45.2. The second kappa shape index (κ2) is 9.99. The van der Waals surface area contributed by atoms with Crippen molar-refractivity contribution in [1.82, 2.24) is 9.62 Å². The molecule has 1 unspecified atom stereocenters. The number of amides is 1. The van der Waals surface area contributed by atoms with E-state index in [-0.39, 0.29) is 17.3 Å². The number of sulfonamides is 1. The van der Waals surface area contributed by atoms with Crippen LogP contribution in [0.15, 0.2) is 29.2 Å². The van der Waals surface area contributed by atoms with E-state index in [9.17, 15) is 17.6 Å². The van der Waals surface area contributed by atoms with E-state index < -0.39 is 21.9 Å². The van der Waals surface area contributed by atoms with Crippen molar-refractivity contribution >= 4 is 15.9 Å². The molecule has 6 nitrogen and oxygen atoms in total.